The highest BCUT2D eigenvalue weighted by Gasteiger charge is 2.15. The summed E-state index contributed by atoms with van der Waals surface area (Å²) in [7, 11) is 0. The Morgan fingerprint density at radius 1 is 0.347 bits per heavy atom. The number of aromatic amines is 1. The number of benzene rings is 7. The van der Waals surface area contributed by atoms with Gasteiger partial charge in [0.2, 0.25) is 0 Å². The van der Waals surface area contributed by atoms with E-state index in [1.807, 2.05) is 18.3 Å². The van der Waals surface area contributed by atoms with Gasteiger partial charge in [0.15, 0.2) is 5.82 Å². The van der Waals surface area contributed by atoms with E-state index < -0.39 is 0 Å². The first-order chi connectivity index (χ1) is 24.3. The number of H-pyrrole nitrogens is 1. The summed E-state index contributed by atoms with van der Waals surface area (Å²) in [6.45, 7) is 0. The Labute approximate surface area is 285 Å². The van der Waals surface area contributed by atoms with Gasteiger partial charge < -0.3 is 4.98 Å². The predicted molar refractivity (Wildman–Crippen MR) is 204 cm³/mol. The number of rotatable bonds is 6. The third kappa shape index (κ3) is 5.48. The van der Waals surface area contributed by atoms with E-state index in [1.165, 1.54) is 38.4 Å². The molecule has 3 heteroatoms. The van der Waals surface area contributed by atoms with E-state index in [4.69, 9.17) is 9.97 Å². The number of hydrogen-bond donors (Lipinski definition) is 1. The minimum Gasteiger partial charge on any atom is -0.361 e. The Hall–Kier alpha value is -6.58. The van der Waals surface area contributed by atoms with Crippen molar-refractivity contribution in [3.63, 3.8) is 0 Å². The predicted octanol–water partition coefficient (Wildman–Crippen LogP) is 12.1. The first-order valence-corrected chi connectivity index (χ1v) is 16.6. The molecule has 0 fully saturated rings. The maximum atomic E-state index is 5.26. The van der Waals surface area contributed by atoms with E-state index in [1.54, 1.807) is 0 Å². The van der Waals surface area contributed by atoms with Crippen molar-refractivity contribution in [2.45, 2.75) is 0 Å². The van der Waals surface area contributed by atoms with Gasteiger partial charge in [-0.05, 0) is 79.7 Å². The molecular weight excluding hydrogens is 595 g/mol. The van der Waals surface area contributed by atoms with Crippen LogP contribution in [0.2, 0.25) is 0 Å². The van der Waals surface area contributed by atoms with Crippen molar-refractivity contribution in [1.29, 1.82) is 0 Å². The molecule has 9 rings (SSSR count). The summed E-state index contributed by atoms with van der Waals surface area (Å²) in [5.41, 5.74) is 11.9. The highest BCUT2D eigenvalue weighted by Crippen LogP contribution is 2.38. The zero-order chi connectivity index (χ0) is 32.6. The molecule has 49 heavy (non-hydrogen) atoms. The second-order valence-electron chi connectivity index (χ2n) is 12.3. The molecule has 3 nitrogen and oxygen atoms in total. The van der Waals surface area contributed by atoms with Crippen LogP contribution >= 0.6 is 0 Å². The Kier molecular flexibility index (Phi) is 7.14. The molecule has 0 saturated heterocycles. The van der Waals surface area contributed by atoms with Gasteiger partial charge in [0, 0.05) is 28.6 Å². The van der Waals surface area contributed by atoms with Crippen molar-refractivity contribution in [1.82, 2.24) is 15.0 Å². The van der Waals surface area contributed by atoms with Gasteiger partial charge in [-0.1, -0.05) is 146 Å². The van der Waals surface area contributed by atoms with E-state index >= 15 is 0 Å². The van der Waals surface area contributed by atoms with Crippen LogP contribution in [0.25, 0.3) is 89.0 Å². The minimum absolute atomic E-state index is 0.701. The van der Waals surface area contributed by atoms with Crippen molar-refractivity contribution in [3.05, 3.63) is 182 Å². The lowest BCUT2D eigenvalue weighted by atomic mass is 9.93. The molecule has 230 valence electrons. The first kappa shape index (κ1) is 28.6. The average molecular weight is 626 g/mol. The monoisotopic (exact) mass is 625 g/mol. The van der Waals surface area contributed by atoms with Gasteiger partial charge in [0.1, 0.15) is 0 Å². The van der Waals surface area contributed by atoms with Crippen LogP contribution in [-0.4, -0.2) is 15.0 Å². The molecular formula is C46H31N3. The average Bonchev–Trinajstić information content (AvgIpc) is 3.73. The summed E-state index contributed by atoms with van der Waals surface area (Å²) in [6.07, 6.45) is 1.96. The third-order valence-electron chi connectivity index (χ3n) is 9.30. The van der Waals surface area contributed by atoms with Crippen LogP contribution in [0, 0.1) is 0 Å². The minimum atomic E-state index is 0.701. The smallest absolute Gasteiger partial charge is 0.160 e. The molecule has 2 aromatic heterocycles. The number of aromatic nitrogens is 3. The van der Waals surface area contributed by atoms with Crippen LogP contribution < -0.4 is 0 Å². The number of nitrogens with one attached hydrogen (secondary N) is 1. The van der Waals surface area contributed by atoms with Gasteiger partial charge >= 0.3 is 0 Å². The summed E-state index contributed by atoms with van der Waals surface area (Å²) >= 11 is 0. The van der Waals surface area contributed by atoms with Crippen molar-refractivity contribution in [2.75, 3.05) is 0 Å². The molecule has 7 aromatic carbocycles. The summed E-state index contributed by atoms with van der Waals surface area (Å²) in [6, 6.07) is 62.1. The Morgan fingerprint density at radius 2 is 0.980 bits per heavy atom. The molecule has 0 aliphatic carbocycles. The molecule has 0 unspecified atom stereocenters. The Morgan fingerprint density at radius 3 is 1.80 bits per heavy atom. The largest absolute Gasteiger partial charge is 0.361 e. The number of nitrogens with zero attached hydrogens (tertiary/aromatic N) is 2. The fourth-order valence-electron chi connectivity index (χ4n) is 6.79. The van der Waals surface area contributed by atoms with Crippen molar-refractivity contribution >= 4 is 21.5 Å². The van der Waals surface area contributed by atoms with E-state index in [0.717, 1.165) is 44.7 Å². The van der Waals surface area contributed by atoms with E-state index in [0.29, 0.717) is 5.82 Å². The third-order valence-corrected chi connectivity index (χ3v) is 9.30. The lowest BCUT2D eigenvalue weighted by Crippen LogP contribution is -1.97. The molecule has 0 aliphatic rings. The molecule has 0 amide bonds. The van der Waals surface area contributed by atoms with Gasteiger partial charge in [-0.2, -0.15) is 0 Å². The van der Waals surface area contributed by atoms with Gasteiger partial charge in [-0.3, -0.25) is 0 Å². The molecule has 0 atom stereocenters. The van der Waals surface area contributed by atoms with Crippen molar-refractivity contribution < 1.29 is 0 Å². The molecule has 0 aliphatic heterocycles. The highest BCUT2D eigenvalue weighted by molar-refractivity contribution is 6.05. The zero-order valence-corrected chi connectivity index (χ0v) is 26.7. The van der Waals surface area contributed by atoms with Crippen LogP contribution in [-0.2, 0) is 0 Å². The maximum absolute atomic E-state index is 5.26. The van der Waals surface area contributed by atoms with Gasteiger partial charge in [-0.15, -0.1) is 0 Å². The molecule has 0 radical (unpaired) electrons. The topological polar surface area (TPSA) is 41.6 Å². The second-order valence-corrected chi connectivity index (χ2v) is 12.3. The Bertz CT molecular complexity index is 2580. The second kappa shape index (κ2) is 12.2. The lowest BCUT2D eigenvalue weighted by Gasteiger charge is -2.14. The van der Waals surface area contributed by atoms with Gasteiger partial charge in [-0.25, -0.2) is 9.97 Å². The summed E-state index contributed by atoms with van der Waals surface area (Å²) < 4.78 is 0. The summed E-state index contributed by atoms with van der Waals surface area (Å²) in [4.78, 5) is 13.7. The molecule has 2 heterocycles. The standard InChI is InChI=1S/C46H31N3/c1-2-11-33(12-3-1)44-30-45(49-46(48-44)38-15-8-14-36(29-38)37-24-19-31-10-4-5-13-35(31)28-37)42-26-25-39(40-16-6-7-17-41(40)42)32-20-22-34(23-21-32)43-18-9-27-47-43/h1-30,47H. The van der Waals surface area contributed by atoms with E-state index in [9.17, 15) is 0 Å². The maximum Gasteiger partial charge on any atom is 0.160 e. The first-order valence-electron chi connectivity index (χ1n) is 16.6. The molecule has 0 spiro atoms. The summed E-state index contributed by atoms with van der Waals surface area (Å²) in [5.74, 6) is 0.701. The normalized spacial score (nSPS) is 11.3. The number of hydrogen-bond acceptors (Lipinski definition) is 2. The van der Waals surface area contributed by atoms with Gasteiger partial charge in [0.05, 0.1) is 11.4 Å². The lowest BCUT2D eigenvalue weighted by molar-refractivity contribution is 1.18. The fourth-order valence-corrected chi connectivity index (χ4v) is 6.79. The molecule has 0 saturated carbocycles. The van der Waals surface area contributed by atoms with Gasteiger partial charge in [0.25, 0.3) is 0 Å². The summed E-state index contributed by atoms with van der Waals surface area (Å²) in [5, 5.41) is 4.80. The van der Waals surface area contributed by atoms with Crippen LogP contribution in [0.5, 0.6) is 0 Å². The number of fused-ring (bicyclic) bond motifs is 2. The van der Waals surface area contributed by atoms with Crippen LogP contribution in [0.1, 0.15) is 0 Å². The quantitative estimate of drug-likeness (QED) is 0.200. The molecule has 9 aromatic rings. The molecule has 0 bridgehead atoms. The van der Waals surface area contributed by atoms with Crippen LogP contribution in [0.4, 0.5) is 0 Å². The van der Waals surface area contributed by atoms with E-state index in [-0.39, 0.29) is 0 Å². The zero-order valence-electron chi connectivity index (χ0n) is 26.7. The van der Waals surface area contributed by atoms with Crippen LogP contribution in [0.15, 0.2) is 182 Å². The van der Waals surface area contributed by atoms with Crippen molar-refractivity contribution in [2.24, 2.45) is 0 Å². The Balaban J connectivity index is 1.17. The fraction of sp³-hybridized carbons (Fsp3) is 0. The van der Waals surface area contributed by atoms with Crippen LogP contribution in [0.3, 0.4) is 0 Å². The van der Waals surface area contributed by atoms with E-state index in [2.05, 4.69) is 169 Å². The highest BCUT2D eigenvalue weighted by atomic mass is 14.9. The molecule has 1 N–H and O–H groups in total. The SMILES string of the molecule is c1ccc(-c2cc(-c3ccc(-c4ccc(-c5ccc[nH]5)cc4)c4ccccc34)nc(-c3cccc(-c4ccc5ccccc5c4)c3)n2)cc1. The van der Waals surface area contributed by atoms with Crippen molar-refractivity contribution in [3.8, 4) is 67.4 Å².